The summed E-state index contributed by atoms with van der Waals surface area (Å²) in [6.45, 7) is 3.72. The molecule has 1 aliphatic carbocycles. The number of ether oxygens (including phenoxy) is 1. The Balaban J connectivity index is 1.43. The molecule has 0 radical (unpaired) electrons. The zero-order chi connectivity index (χ0) is 26.0. The van der Waals surface area contributed by atoms with Crippen LogP contribution in [0.1, 0.15) is 65.6 Å². The fraction of sp³-hybridized carbons (Fsp3) is 0.375. The molecule has 2 aromatic heterocycles. The van der Waals surface area contributed by atoms with E-state index in [1.807, 2.05) is 13.8 Å². The number of halogens is 1. The van der Waals surface area contributed by atoms with Gasteiger partial charge in [-0.3, -0.25) is 19.4 Å². The van der Waals surface area contributed by atoms with Crippen molar-refractivity contribution in [3.63, 3.8) is 0 Å². The van der Waals surface area contributed by atoms with Crippen molar-refractivity contribution in [2.45, 2.75) is 51.2 Å². The predicted octanol–water partition coefficient (Wildman–Crippen LogP) is 3.49. The molecule has 2 atom stereocenters. The quantitative estimate of drug-likeness (QED) is 0.364. The molecule has 36 heavy (non-hydrogen) atoms. The summed E-state index contributed by atoms with van der Waals surface area (Å²) in [5.74, 6) is -1.36. The van der Waals surface area contributed by atoms with Crippen LogP contribution in [0.3, 0.4) is 0 Å². The Hall–Kier alpha value is -4.22. The first kappa shape index (κ1) is 24.9. The van der Waals surface area contributed by atoms with Crippen LogP contribution >= 0.6 is 0 Å². The van der Waals surface area contributed by atoms with E-state index in [9.17, 15) is 23.9 Å². The van der Waals surface area contributed by atoms with Crippen molar-refractivity contribution in [2.24, 2.45) is 7.05 Å². The van der Waals surface area contributed by atoms with Crippen LogP contribution in [-0.4, -0.2) is 55.5 Å². The number of phenolic OH excluding ortho intramolecular Hbond substituents is 1. The van der Waals surface area contributed by atoms with E-state index in [1.165, 1.54) is 17.8 Å². The first-order chi connectivity index (χ1) is 17.1. The van der Waals surface area contributed by atoms with Gasteiger partial charge in [-0.1, -0.05) is 0 Å². The number of anilines is 1. The Labute approximate surface area is 206 Å². The number of amides is 2. The molecule has 3 aromatic rings. The van der Waals surface area contributed by atoms with Crippen molar-refractivity contribution in [3.8, 4) is 17.0 Å². The number of nitrogens with one attached hydrogen (secondary N) is 3. The molecule has 0 spiro atoms. The van der Waals surface area contributed by atoms with E-state index in [0.29, 0.717) is 18.5 Å². The molecule has 4 rings (SSSR count). The predicted molar refractivity (Wildman–Crippen MR) is 127 cm³/mol. The molecule has 2 amide bonds. The topological polar surface area (TPSA) is 151 Å². The number of nitrogens with zero attached hydrogens (tertiary/aromatic N) is 3. The molecule has 11 nitrogen and oxygen atoms in total. The van der Waals surface area contributed by atoms with Gasteiger partial charge < -0.3 is 20.5 Å². The summed E-state index contributed by atoms with van der Waals surface area (Å²) in [5.41, 5.74) is 1.05. The fourth-order valence-electron chi connectivity index (χ4n) is 4.29. The van der Waals surface area contributed by atoms with Gasteiger partial charge in [0.15, 0.2) is 12.1 Å². The molecular weight excluding hydrogens is 471 g/mol. The molecule has 4 N–H and O–H groups in total. The lowest BCUT2D eigenvalue weighted by Crippen LogP contribution is -2.33. The van der Waals surface area contributed by atoms with Crippen LogP contribution in [0.5, 0.6) is 5.75 Å². The summed E-state index contributed by atoms with van der Waals surface area (Å²) in [5, 5.41) is 26.6. The Morgan fingerprint density at radius 1 is 1.28 bits per heavy atom. The van der Waals surface area contributed by atoms with Gasteiger partial charge >= 0.3 is 6.09 Å². The van der Waals surface area contributed by atoms with Crippen molar-refractivity contribution in [2.75, 3.05) is 5.32 Å². The highest BCUT2D eigenvalue weighted by Crippen LogP contribution is 2.36. The minimum atomic E-state index is -0.742. The van der Waals surface area contributed by atoms with Crippen LogP contribution in [0.4, 0.5) is 15.0 Å². The highest BCUT2D eigenvalue weighted by atomic mass is 19.1. The van der Waals surface area contributed by atoms with Crippen molar-refractivity contribution in [1.29, 1.82) is 0 Å². The van der Waals surface area contributed by atoms with Gasteiger partial charge in [0.2, 0.25) is 0 Å². The van der Waals surface area contributed by atoms with E-state index in [0.717, 1.165) is 30.7 Å². The lowest BCUT2D eigenvalue weighted by Gasteiger charge is -2.14. The van der Waals surface area contributed by atoms with Crippen LogP contribution in [0, 0.1) is 5.82 Å². The van der Waals surface area contributed by atoms with Gasteiger partial charge in [0.1, 0.15) is 23.4 Å². The molecule has 0 bridgehead atoms. The molecule has 1 aliphatic rings. The molecule has 0 saturated heterocycles. The van der Waals surface area contributed by atoms with Crippen LogP contribution in [-0.2, 0) is 11.8 Å². The third-order valence-corrected chi connectivity index (χ3v) is 5.97. The van der Waals surface area contributed by atoms with Crippen LogP contribution < -0.4 is 10.6 Å². The van der Waals surface area contributed by atoms with Crippen LogP contribution in [0.2, 0.25) is 0 Å². The smallest absolute Gasteiger partial charge is 0.407 e. The van der Waals surface area contributed by atoms with Crippen molar-refractivity contribution >= 4 is 24.1 Å². The third kappa shape index (κ3) is 5.37. The number of aromatic hydroxyl groups is 1. The number of aryl methyl sites for hydroxylation is 1. The number of carbonyl (C=O) groups is 3. The van der Waals surface area contributed by atoms with Gasteiger partial charge in [-0.15, -0.1) is 0 Å². The molecule has 2 heterocycles. The maximum atomic E-state index is 13.8. The second-order valence-electron chi connectivity index (χ2n) is 9.04. The monoisotopic (exact) mass is 498 g/mol. The standard InChI is InChI=1S/C24H27FN6O5/c1-12(2)26-24(35)36-15-5-4-13(6-15)18-10-22(29-28-18)27-23(34)20-9-19(30-31(20)3)16-7-14(25)8-21(33)17(16)11-32/h7-13,15,33H,4-6H2,1-3H3,(H,26,35)(H2,27,28,29,34). The summed E-state index contributed by atoms with van der Waals surface area (Å²) < 4.78 is 20.6. The largest absolute Gasteiger partial charge is 0.507 e. The molecule has 2 unspecified atom stereocenters. The third-order valence-electron chi connectivity index (χ3n) is 5.97. The molecule has 1 aromatic carbocycles. The number of hydrogen-bond donors (Lipinski definition) is 4. The summed E-state index contributed by atoms with van der Waals surface area (Å²) in [4.78, 5) is 36.1. The van der Waals surface area contributed by atoms with Crippen LogP contribution in [0.25, 0.3) is 11.3 Å². The lowest BCUT2D eigenvalue weighted by molar-refractivity contribution is 0.0979. The van der Waals surface area contributed by atoms with E-state index in [4.69, 9.17) is 4.74 Å². The van der Waals surface area contributed by atoms with Gasteiger partial charge in [0.05, 0.1) is 11.3 Å². The van der Waals surface area contributed by atoms with Gasteiger partial charge in [0.25, 0.3) is 5.91 Å². The van der Waals surface area contributed by atoms with Gasteiger partial charge in [0, 0.05) is 42.4 Å². The average Bonchev–Trinajstić information content (AvgIpc) is 3.52. The molecule has 1 saturated carbocycles. The number of phenols is 1. The summed E-state index contributed by atoms with van der Waals surface area (Å²) in [7, 11) is 1.53. The number of rotatable bonds is 7. The summed E-state index contributed by atoms with van der Waals surface area (Å²) in [6.07, 6.45) is 1.96. The zero-order valence-corrected chi connectivity index (χ0v) is 20.0. The van der Waals surface area contributed by atoms with E-state index >= 15 is 0 Å². The number of alkyl carbamates (subject to hydrolysis) is 1. The molecule has 1 fully saturated rings. The zero-order valence-electron chi connectivity index (χ0n) is 20.0. The maximum absolute atomic E-state index is 13.8. The maximum Gasteiger partial charge on any atom is 0.407 e. The number of benzene rings is 1. The van der Waals surface area contributed by atoms with Crippen LogP contribution in [0.15, 0.2) is 24.3 Å². The normalized spacial score (nSPS) is 17.2. The van der Waals surface area contributed by atoms with E-state index in [2.05, 4.69) is 25.9 Å². The second-order valence-corrected chi connectivity index (χ2v) is 9.04. The highest BCUT2D eigenvalue weighted by Gasteiger charge is 2.30. The first-order valence-electron chi connectivity index (χ1n) is 11.5. The number of hydrogen-bond acceptors (Lipinski definition) is 7. The molecule has 12 heteroatoms. The first-order valence-corrected chi connectivity index (χ1v) is 11.5. The summed E-state index contributed by atoms with van der Waals surface area (Å²) in [6, 6.07) is 5.02. The minimum Gasteiger partial charge on any atom is -0.507 e. The second kappa shape index (κ2) is 10.2. The van der Waals surface area contributed by atoms with Crippen molar-refractivity contribution in [3.05, 3.63) is 47.0 Å². The molecule has 0 aliphatic heterocycles. The SMILES string of the molecule is CC(C)NC(=O)OC1CCC(c2cc(NC(=O)c3cc(-c4cc(F)cc(O)c4C=O)nn3C)n[nH]2)C1. The van der Waals surface area contributed by atoms with Gasteiger partial charge in [-0.2, -0.15) is 10.2 Å². The Morgan fingerprint density at radius 2 is 2.06 bits per heavy atom. The van der Waals surface area contributed by atoms with Gasteiger partial charge in [-0.05, 0) is 45.2 Å². The number of aromatic amines is 1. The van der Waals surface area contributed by atoms with Crippen molar-refractivity contribution in [1.82, 2.24) is 25.3 Å². The molecular formula is C24H27FN6O5. The van der Waals surface area contributed by atoms with E-state index in [-0.39, 0.29) is 40.6 Å². The Bertz CT molecular complexity index is 1300. The van der Waals surface area contributed by atoms with E-state index in [1.54, 1.807) is 6.07 Å². The Kier molecular flexibility index (Phi) is 7.04. The minimum absolute atomic E-state index is 0.00272. The number of carbonyl (C=O) groups excluding carboxylic acids is 3. The van der Waals surface area contributed by atoms with E-state index < -0.39 is 23.6 Å². The van der Waals surface area contributed by atoms with Crippen molar-refractivity contribution < 1.29 is 28.6 Å². The van der Waals surface area contributed by atoms with Gasteiger partial charge in [-0.25, -0.2) is 9.18 Å². The Morgan fingerprint density at radius 3 is 2.78 bits per heavy atom. The number of aldehydes is 1. The average molecular weight is 499 g/mol. The number of H-pyrrole nitrogens is 1. The fourth-order valence-corrected chi connectivity index (χ4v) is 4.29. The lowest BCUT2D eigenvalue weighted by atomic mass is 10.0. The number of aromatic nitrogens is 4. The molecule has 190 valence electrons. The summed E-state index contributed by atoms with van der Waals surface area (Å²) >= 11 is 0. The highest BCUT2D eigenvalue weighted by molar-refractivity contribution is 6.03.